The zero-order chi connectivity index (χ0) is 11.8. The van der Waals surface area contributed by atoms with Gasteiger partial charge in [-0.3, -0.25) is 4.98 Å². The SMILES string of the molecule is O[C@@H](C1CCCc2cccnc21)C(F)(F)F. The van der Waals surface area contributed by atoms with E-state index < -0.39 is 18.2 Å². The van der Waals surface area contributed by atoms with Crippen molar-refractivity contribution in [3.8, 4) is 0 Å². The van der Waals surface area contributed by atoms with Gasteiger partial charge in [-0.05, 0) is 30.9 Å². The average Bonchev–Trinajstić information content (AvgIpc) is 2.26. The Morgan fingerprint density at radius 3 is 2.88 bits per heavy atom. The summed E-state index contributed by atoms with van der Waals surface area (Å²) in [5.74, 6) is -0.912. The Balaban J connectivity index is 2.32. The van der Waals surface area contributed by atoms with Gasteiger partial charge in [0.15, 0.2) is 6.10 Å². The molecular weight excluding hydrogens is 219 g/mol. The highest BCUT2D eigenvalue weighted by atomic mass is 19.4. The van der Waals surface area contributed by atoms with Gasteiger partial charge in [-0.1, -0.05) is 6.07 Å². The van der Waals surface area contributed by atoms with Crippen LogP contribution in [0.2, 0.25) is 0 Å². The lowest BCUT2D eigenvalue weighted by Crippen LogP contribution is -2.36. The van der Waals surface area contributed by atoms with Crippen LogP contribution >= 0.6 is 0 Å². The van der Waals surface area contributed by atoms with E-state index in [1.807, 2.05) is 0 Å². The van der Waals surface area contributed by atoms with E-state index in [0.29, 0.717) is 18.5 Å². The topological polar surface area (TPSA) is 33.1 Å². The summed E-state index contributed by atoms with van der Waals surface area (Å²) in [5.41, 5.74) is 1.22. The van der Waals surface area contributed by atoms with Gasteiger partial charge in [-0.25, -0.2) is 0 Å². The number of aliphatic hydroxyl groups is 1. The Labute approximate surface area is 91.1 Å². The largest absolute Gasteiger partial charge is 0.415 e. The minimum Gasteiger partial charge on any atom is -0.383 e. The van der Waals surface area contributed by atoms with Gasteiger partial charge in [-0.15, -0.1) is 0 Å². The highest BCUT2D eigenvalue weighted by Gasteiger charge is 2.45. The van der Waals surface area contributed by atoms with Crippen LogP contribution in [0.25, 0.3) is 0 Å². The van der Waals surface area contributed by atoms with Crippen molar-refractivity contribution in [1.29, 1.82) is 0 Å². The van der Waals surface area contributed by atoms with Gasteiger partial charge < -0.3 is 5.11 Å². The maximum absolute atomic E-state index is 12.4. The van der Waals surface area contributed by atoms with E-state index in [1.54, 1.807) is 12.1 Å². The first-order valence-corrected chi connectivity index (χ1v) is 5.18. The number of aromatic nitrogens is 1. The third-order valence-electron chi connectivity index (χ3n) is 2.96. The molecule has 1 N–H and O–H groups in total. The molecule has 0 saturated carbocycles. The molecule has 0 aliphatic heterocycles. The lowest BCUT2D eigenvalue weighted by molar-refractivity contribution is -0.211. The van der Waals surface area contributed by atoms with Crippen molar-refractivity contribution in [2.75, 3.05) is 0 Å². The predicted molar refractivity (Wildman–Crippen MR) is 52.0 cm³/mol. The van der Waals surface area contributed by atoms with Crippen molar-refractivity contribution in [2.45, 2.75) is 37.5 Å². The second-order valence-electron chi connectivity index (χ2n) is 4.03. The molecule has 2 atom stereocenters. The number of pyridine rings is 1. The molecule has 1 aromatic heterocycles. The van der Waals surface area contributed by atoms with Crippen molar-refractivity contribution < 1.29 is 18.3 Å². The molecule has 5 heteroatoms. The van der Waals surface area contributed by atoms with Crippen LogP contribution in [0.1, 0.15) is 30.0 Å². The fraction of sp³-hybridized carbons (Fsp3) is 0.545. The molecule has 1 aromatic rings. The van der Waals surface area contributed by atoms with Crippen LogP contribution in [-0.4, -0.2) is 22.4 Å². The maximum atomic E-state index is 12.4. The van der Waals surface area contributed by atoms with Crippen molar-refractivity contribution >= 4 is 0 Å². The third-order valence-corrected chi connectivity index (χ3v) is 2.96. The second-order valence-corrected chi connectivity index (χ2v) is 4.03. The molecule has 0 saturated heterocycles. The van der Waals surface area contributed by atoms with Crippen molar-refractivity contribution in [3.63, 3.8) is 0 Å². The van der Waals surface area contributed by atoms with Gasteiger partial charge in [0.2, 0.25) is 0 Å². The number of nitrogens with zero attached hydrogens (tertiary/aromatic N) is 1. The molecule has 2 rings (SSSR count). The molecule has 0 fully saturated rings. The van der Waals surface area contributed by atoms with Crippen LogP contribution in [0.3, 0.4) is 0 Å². The number of aliphatic hydroxyl groups excluding tert-OH is 1. The molecular formula is C11H12F3NO. The van der Waals surface area contributed by atoms with Crippen molar-refractivity contribution in [2.24, 2.45) is 0 Å². The van der Waals surface area contributed by atoms with E-state index in [4.69, 9.17) is 0 Å². The van der Waals surface area contributed by atoms with Gasteiger partial charge in [0.25, 0.3) is 0 Å². The zero-order valence-corrected chi connectivity index (χ0v) is 8.54. The molecule has 0 bridgehead atoms. The lowest BCUT2D eigenvalue weighted by atomic mass is 9.83. The lowest BCUT2D eigenvalue weighted by Gasteiger charge is -2.29. The van der Waals surface area contributed by atoms with Crippen LogP contribution in [-0.2, 0) is 6.42 Å². The van der Waals surface area contributed by atoms with E-state index >= 15 is 0 Å². The number of halogens is 3. The quantitative estimate of drug-likeness (QED) is 0.805. The average molecular weight is 231 g/mol. The summed E-state index contributed by atoms with van der Waals surface area (Å²) in [6.07, 6.45) is -3.66. The Morgan fingerprint density at radius 1 is 1.44 bits per heavy atom. The van der Waals surface area contributed by atoms with E-state index in [1.165, 1.54) is 6.20 Å². The van der Waals surface area contributed by atoms with Crippen molar-refractivity contribution in [3.05, 3.63) is 29.6 Å². The summed E-state index contributed by atoms with van der Waals surface area (Å²) >= 11 is 0. The normalized spacial score (nSPS) is 22.6. The molecule has 0 spiro atoms. The first kappa shape index (κ1) is 11.4. The first-order valence-electron chi connectivity index (χ1n) is 5.18. The monoisotopic (exact) mass is 231 g/mol. The Hall–Kier alpha value is -1.10. The van der Waals surface area contributed by atoms with Gasteiger partial charge in [-0.2, -0.15) is 13.2 Å². The number of alkyl halides is 3. The number of hydrogen-bond acceptors (Lipinski definition) is 2. The standard InChI is InChI=1S/C11H12F3NO/c12-11(13,14)10(16)8-5-1-3-7-4-2-6-15-9(7)8/h2,4,6,8,10,16H,1,3,5H2/t8?,10-/m0/s1. The second kappa shape index (κ2) is 4.05. The van der Waals surface area contributed by atoms with Gasteiger partial charge in [0.1, 0.15) is 0 Å². The summed E-state index contributed by atoms with van der Waals surface area (Å²) in [4.78, 5) is 3.98. The molecule has 0 amide bonds. The fourth-order valence-electron chi connectivity index (χ4n) is 2.18. The van der Waals surface area contributed by atoms with E-state index in [-0.39, 0.29) is 0 Å². The molecule has 1 heterocycles. The minimum atomic E-state index is -4.57. The molecule has 1 unspecified atom stereocenters. The summed E-state index contributed by atoms with van der Waals surface area (Å²) in [5, 5.41) is 9.29. The van der Waals surface area contributed by atoms with Crippen molar-refractivity contribution in [1.82, 2.24) is 4.98 Å². The number of rotatable bonds is 1. The first-order chi connectivity index (χ1) is 7.50. The number of fused-ring (bicyclic) bond motifs is 1. The van der Waals surface area contributed by atoms with Gasteiger partial charge in [0.05, 0.1) is 0 Å². The molecule has 0 radical (unpaired) electrons. The number of hydrogen-bond donors (Lipinski definition) is 1. The van der Waals surface area contributed by atoms with Crippen LogP contribution in [0.15, 0.2) is 18.3 Å². The summed E-state index contributed by atoms with van der Waals surface area (Å²) < 4.78 is 37.3. The molecule has 16 heavy (non-hydrogen) atoms. The summed E-state index contributed by atoms with van der Waals surface area (Å²) in [6.45, 7) is 0. The smallest absolute Gasteiger partial charge is 0.383 e. The number of aryl methyl sites for hydroxylation is 1. The maximum Gasteiger partial charge on any atom is 0.415 e. The molecule has 1 aliphatic rings. The Kier molecular flexibility index (Phi) is 2.88. The highest BCUT2D eigenvalue weighted by Crippen LogP contribution is 2.38. The van der Waals surface area contributed by atoms with E-state index in [0.717, 1.165) is 12.0 Å². The molecule has 2 nitrogen and oxygen atoms in total. The van der Waals surface area contributed by atoms with Gasteiger partial charge >= 0.3 is 6.18 Å². The minimum absolute atomic E-state index is 0.338. The van der Waals surface area contributed by atoms with Crippen LogP contribution in [0.4, 0.5) is 13.2 Å². The zero-order valence-electron chi connectivity index (χ0n) is 8.54. The molecule has 88 valence electrons. The van der Waals surface area contributed by atoms with E-state index in [2.05, 4.69) is 4.98 Å². The predicted octanol–water partition coefficient (Wildman–Crippen LogP) is 2.42. The Bertz CT molecular complexity index is 378. The van der Waals surface area contributed by atoms with Crippen LogP contribution in [0, 0.1) is 0 Å². The highest BCUT2D eigenvalue weighted by molar-refractivity contribution is 5.27. The molecule has 1 aliphatic carbocycles. The van der Waals surface area contributed by atoms with Crippen LogP contribution < -0.4 is 0 Å². The van der Waals surface area contributed by atoms with Gasteiger partial charge in [0, 0.05) is 17.8 Å². The summed E-state index contributed by atoms with van der Waals surface area (Å²) in [7, 11) is 0. The molecule has 0 aromatic carbocycles. The third kappa shape index (κ3) is 2.04. The Morgan fingerprint density at radius 2 is 2.19 bits per heavy atom. The van der Waals surface area contributed by atoms with E-state index in [9.17, 15) is 18.3 Å². The fourth-order valence-corrected chi connectivity index (χ4v) is 2.18. The summed E-state index contributed by atoms with van der Waals surface area (Å²) in [6, 6.07) is 3.48. The van der Waals surface area contributed by atoms with Crippen LogP contribution in [0.5, 0.6) is 0 Å².